The lowest BCUT2D eigenvalue weighted by molar-refractivity contribution is -0.158. The SMILES string of the molecule is CCc1cc(-c2c(Cl)cccc2Cl)ccc1C1=C(O)C(C)(C)OC(C)(C)C1=O. The molecular formula is C23H24Cl2O3. The largest absolute Gasteiger partial charge is 0.508 e. The van der Waals surface area contributed by atoms with Gasteiger partial charge in [0.05, 0.1) is 5.57 Å². The molecule has 0 saturated carbocycles. The third-order valence-corrected chi connectivity index (χ3v) is 5.73. The second kappa shape index (κ2) is 7.22. The van der Waals surface area contributed by atoms with Gasteiger partial charge in [-0.2, -0.15) is 0 Å². The van der Waals surface area contributed by atoms with E-state index in [1.807, 2.05) is 25.1 Å². The van der Waals surface area contributed by atoms with Gasteiger partial charge in [-0.05, 0) is 62.9 Å². The van der Waals surface area contributed by atoms with Gasteiger partial charge in [0.2, 0.25) is 0 Å². The molecule has 5 heteroatoms. The fraction of sp³-hybridized carbons (Fsp3) is 0.348. The van der Waals surface area contributed by atoms with Crippen LogP contribution in [0.5, 0.6) is 0 Å². The molecule has 0 bridgehead atoms. The zero-order valence-corrected chi connectivity index (χ0v) is 18.2. The Morgan fingerprint density at radius 1 is 1.00 bits per heavy atom. The number of halogens is 2. The van der Waals surface area contributed by atoms with E-state index < -0.39 is 11.2 Å². The molecule has 0 aliphatic carbocycles. The Balaban J connectivity index is 2.22. The first-order valence-corrected chi connectivity index (χ1v) is 10.0. The highest BCUT2D eigenvalue weighted by atomic mass is 35.5. The van der Waals surface area contributed by atoms with Crippen molar-refractivity contribution in [3.63, 3.8) is 0 Å². The van der Waals surface area contributed by atoms with Crippen LogP contribution in [0.25, 0.3) is 16.7 Å². The van der Waals surface area contributed by atoms with E-state index in [9.17, 15) is 9.90 Å². The molecule has 0 fully saturated rings. The molecule has 28 heavy (non-hydrogen) atoms. The Labute approximate surface area is 175 Å². The summed E-state index contributed by atoms with van der Waals surface area (Å²) >= 11 is 12.7. The minimum Gasteiger partial charge on any atom is -0.508 e. The normalized spacial score (nSPS) is 18.5. The summed E-state index contributed by atoms with van der Waals surface area (Å²) in [6, 6.07) is 11.1. The molecule has 148 valence electrons. The standard InChI is InChI=1S/C23H24Cl2O3/c1-6-13-12-14(18-16(24)8-7-9-17(18)25)10-11-15(13)19-20(26)22(2,3)28-23(4,5)21(19)27/h7-12,26H,6H2,1-5H3. The number of ether oxygens (including phenoxy) is 1. The minimum atomic E-state index is -1.03. The summed E-state index contributed by atoms with van der Waals surface area (Å²) in [7, 11) is 0. The molecule has 0 saturated heterocycles. The van der Waals surface area contributed by atoms with Gasteiger partial charge >= 0.3 is 0 Å². The van der Waals surface area contributed by atoms with Crippen LogP contribution in [0.1, 0.15) is 45.7 Å². The van der Waals surface area contributed by atoms with Crippen LogP contribution < -0.4 is 0 Å². The van der Waals surface area contributed by atoms with Gasteiger partial charge in [0.15, 0.2) is 5.78 Å². The highest BCUT2D eigenvalue weighted by molar-refractivity contribution is 6.39. The summed E-state index contributed by atoms with van der Waals surface area (Å²) < 4.78 is 5.84. The molecule has 0 unspecified atom stereocenters. The number of Topliss-reactive ketones (excluding diaryl/α,β-unsaturated/α-hetero) is 1. The van der Waals surface area contributed by atoms with Crippen LogP contribution in [0.4, 0.5) is 0 Å². The van der Waals surface area contributed by atoms with Gasteiger partial charge in [0.1, 0.15) is 17.0 Å². The van der Waals surface area contributed by atoms with Crippen molar-refractivity contribution in [2.24, 2.45) is 0 Å². The van der Waals surface area contributed by atoms with E-state index in [2.05, 4.69) is 0 Å². The first kappa shape index (κ1) is 20.9. The van der Waals surface area contributed by atoms with E-state index in [4.69, 9.17) is 27.9 Å². The van der Waals surface area contributed by atoms with Crippen LogP contribution >= 0.6 is 23.2 Å². The lowest BCUT2D eigenvalue weighted by atomic mass is 9.81. The maximum absolute atomic E-state index is 13.1. The number of benzene rings is 2. The second-order valence-electron chi connectivity index (χ2n) is 8.00. The van der Waals surface area contributed by atoms with Crippen molar-refractivity contribution in [2.45, 2.75) is 52.2 Å². The van der Waals surface area contributed by atoms with Gasteiger partial charge in [-0.1, -0.05) is 54.4 Å². The summed E-state index contributed by atoms with van der Waals surface area (Å²) in [5, 5.41) is 12.0. The first-order valence-electron chi connectivity index (χ1n) is 9.26. The van der Waals surface area contributed by atoms with Gasteiger partial charge in [0.25, 0.3) is 0 Å². The molecule has 0 spiro atoms. The predicted molar refractivity (Wildman–Crippen MR) is 115 cm³/mol. The van der Waals surface area contributed by atoms with Gasteiger partial charge in [-0.15, -0.1) is 0 Å². The summed E-state index contributed by atoms with van der Waals surface area (Å²) in [4.78, 5) is 13.1. The lowest BCUT2D eigenvalue weighted by Crippen LogP contribution is -2.49. The van der Waals surface area contributed by atoms with Gasteiger partial charge in [0, 0.05) is 15.6 Å². The number of rotatable bonds is 3. The van der Waals surface area contributed by atoms with E-state index in [0.29, 0.717) is 27.6 Å². The van der Waals surface area contributed by atoms with E-state index >= 15 is 0 Å². The summed E-state index contributed by atoms with van der Waals surface area (Å²) in [6.45, 7) is 8.99. The average molecular weight is 419 g/mol. The molecule has 3 nitrogen and oxygen atoms in total. The molecule has 1 heterocycles. The predicted octanol–water partition coefficient (Wildman–Crippen LogP) is 6.65. The van der Waals surface area contributed by atoms with Crippen molar-refractivity contribution in [2.75, 3.05) is 0 Å². The van der Waals surface area contributed by atoms with Crippen molar-refractivity contribution in [1.29, 1.82) is 0 Å². The van der Waals surface area contributed by atoms with Crippen LogP contribution in [0, 0.1) is 0 Å². The maximum Gasteiger partial charge on any atom is 0.198 e. The summed E-state index contributed by atoms with van der Waals surface area (Å²) in [5.74, 6) is -0.280. The monoisotopic (exact) mass is 418 g/mol. The zero-order valence-electron chi connectivity index (χ0n) is 16.7. The van der Waals surface area contributed by atoms with Crippen LogP contribution in [0.3, 0.4) is 0 Å². The van der Waals surface area contributed by atoms with Crippen molar-refractivity contribution in [1.82, 2.24) is 0 Å². The van der Waals surface area contributed by atoms with Crippen LogP contribution in [0.2, 0.25) is 10.0 Å². The first-order chi connectivity index (χ1) is 13.0. The van der Waals surface area contributed by atoms with Gasteiger partial charge < -0.3 is 9.84 Å². The van der Waals surface area contributed by atoms with E-state index in [0.717, 1.165) is 16.7 Å². The second-order valence-corrected chi connectivity index (χ2v) is 8.81. The fourth-order valence-corrected chi connectivity index (χ4v) is 4.37. The molecule has 1 aliphatic rings. The minimum absolute atomic E-state index is 0.0462. The lowest BCUT2D eigenvalue weighted by Gasteiger charge is -2.40. The number of ketones is 1. The Morgan fingerprint density at radius 3 is 2.18 bits per heavy atom. The van der Waals surface area contributed by atoms with Gasteiger partial charge in [-0.25, -0.2) is 0 Å². The summed E-state index contributed by atoms with van der Waals surface area (Å²) in [6.07, 6.45) is 0.678. The van der Waals surface area contributed by atoms with E-state index in [-0.39, 0.29) is 11.5 Å². The van der Waals surface area contributed by atoms with Crippen LogP contribution in [0.15, 0.2) is 42.2 Å². The quantitative estimate of drug-likeness (QED) is 0.606. The third kappa shape index (κ3) is 3.47. The number of hydrogen-bond acceptors (Lipinski definition) is 3. The number of aliphatic hydroxyl groups is 1. The van der Waals surface area contributed by atoms with E-state index in [1.165, 1.54) is 0 Å². The molecular weight excluding hydrogens is 395 g/mol. The van der Waals surface area contributed by atoms with Crippen LogP contribution in [-0.2, 0) is 16.0 Å². The van der Waals surface area contributed by atoms with Gasteiger partial charge in [-0.3, -0.25) is 4.79 Å². The third-order valence-electron chi connectivity index (χ3n) is 5.10. The maximum atomic E-state index is 13.1. The molecule has 2 aromatic carbocycles. The molecule has 0 aromatic heterocycles. The number of hydrogen-bond donors (Lipinski definition) is 1. The number of aryl methyl sites for hydroxylation is 1. The molecule has 2 aromatic rings. The van der Waals surface area contributed by atoms with E-state index in [1.54, 1.807) is 45.9 Å². The summed E-state index contributed by atoms with van der Waals surface area (Å²) in [5.41, 5.74) is 1.59. The molecule has 0 atom stereocenters. The highest BCUT2D eigenvalue weighted by Gasteiger charge is 2.47. The zero-order chi connectivity index (χ0) is 20.9. The Hall–Kier alpha value is -1.81. The van der Waals surface area contributed by atoms with Crippen molar-refractivity contribution in [3.05, 3.63) is 63.3 Å². The molecule has 1 aliphatic heterocycles. The van der Waals surface area contributed by atoms with Crippen molar-refractivity contribution in [3.8, 4) is 11.1 Å². The number of carbonyl (C=O) groups excluding carboxylic acids is 1. The molecule has 1 N–H and O–H groups in total. The van der Waals surface area contributed by atoms with Crippen molar-refractivity contribution >= 4 is 34.6 Å². The highest BCUT2D eigenvalue weighted by Crippen LogP contribution is 2.42. The topological polar surface area (TPSA) is 46.5 Å². The Morgan fingerprint density at radius 2 is 1.61 bits per heavy atom. The Bertz CT molecular complexity index is 967. The number of aliphatic hydroxyl groups excluding tert-OH is 1. The fourth-order valence-electron chi connectivity index (χ4n) is 3.75. The average Bonchev–Trinajstić information content (AvgIpc) is 2.60. The molecule has 3 rings (SSSR count). The molecule has 0 amide bonds. The van der Waals surface area contributed by atoms with Crippen LogP contribution in [-0.4, -0.2) is 22.1 Å². The Kier molecular flexibility index (Phi) is 5.39. The number of carbonyl (C=O) groups is 1. The van der Waals surface area contributed by atoms with Crippen molar-refractivity contribution < 1.29 is 14.6 Å². The smallest absolute Gasteiger partial charge is 0.198 e. The molecule has 0 radical (unpaired) electrons.